The van der Waals surface area contributed by atoms with Crippen molar-refractivity contribution in [3.8, 4) is 0 Å². The van der Waals surface area contributed by atoms with E-state index in [0.717, 1.165) is 6.07 Å². The minimum absolute atomic E-state index is 0.0595. The predicted molar refractivity (Wildman–Crippen MR) is 48.0 cm³/mol. The van der Waals surface area contributed by atoms with Crippen LogP contribution in [0.2, 0.25) is 0 Å². The number of halogens is 2. The Bertz CT molecular complexity index is 313. The van der Waals surface area contributed by atoms with E-state index >= 15 is 0 Å². The van der Waals surface area contributed by atoms with E-state index in [9.17, 15) is 8.78 Å². The van der Waals surface area contributed by atoms with Crippen molar-refractivity contribution in [3.05, 3.63) is 29.3 Å². The molecule has 0 heterocycles. The summed E-state index contributed by atoms with van der Waals surface area (Å²) in [6.07, 6.45) is 0.590. The molecular weight excluding hydrogens is 174 g/mol. The highest BCUT2D eigenvalue weighted by molar-refractivity contribution is 5.49. The van der Waals surface area contributed by atoms with Gasteiger partial charge in [0.2, 0.25) is 0 Å². The highest BCUT2D eigenvalue weighted by Crippen LogP contribution is 2.24. The number of rotatable bonds is 2. The molecule has 4 heteroatoms. The third-order valence-electron chi connectivity index (χ3n) is 1.97. The number of nitrogen functional groups attached to an aromatic ring is 1. The highest BCUT2D eigenvalue weighted by atomic mass is 19.1. The van der Waals surface area contributed by atoms with Gasteiger partial charge < -0.3 is 11.5 Å². The van der Waals surface area contributed by atoms with Gasteiger partial charge in [-0.2, -0.15) is 0 Å². The number of benzene rings is 1. The molecule has 0 saturated heterocycles. The minimum Gasteiger partial charge on any atom is -0.396 e. The molecule has 0 aliphatic heterocycles. The number of hydrogen-bond acceptors (Lipinski definition) is 2. The molecule has 13 heavy (non-hydrogen) atoms. The van der Waals surface area contributed by atoms with Gasteiger partial charge in [-0.3, -0.25) is 0 Å². The summed E-state index contributed by atoms with van der Waals surface area (Å²) < 4.78 is 25.7. The lowest BCUT2D eigenvalue weighted by Gasteiger charge is -2.12. The molecule has 0 radical (unpaired) electrons. The first-order chi connectivity index (χ1) is 6.06. The standard InChI is InChI=1S/C9H12F2N2/c1-2-8(12)6-3-5(10)4-7(11)9(6)13/h3-4,8H,2,12-13H2,1H3. The van der Waals surface area contributed by atoms with Crippen LogP contribution in [0.3, 0.4) is 0 Å². The molecule has 1 atom stereocenters. The van der Waals surface area contributed by atoms with E-state index < -0.39 is 17.7 Å². The fourth-order valence-electron chi connectivity index (χ4n) is 1.13. The van der Waals surface area contributed by atoms with Crippen LogP contribution in [0.25, 0.3) is 0 Å². The third-order valence-corrected chi connectivity index (χ3v) is 1.97. The molecule has 1 unspecified atom stereocenters. The molecule has 0 amide bonds. The van der Waals surface area contributed by atoms with E-state index in [2.05, 4.69) is 0 Å². The normalized spacial score (nSPS) is 12.9. The van der Waals surface area contributed by atoms with Gasteiger partial charge in [0, 0.05) is 12.1 Å². The first-order valence-corrected chi connectivity index (χ1v) is 4.06. The molecule has 0 saturated carbocycles. The fraction of sp³-hybridized carbons (Fsp3) is 0.333. The van der Waals surface area contributed by atoms with Crippen molar-refractivity contribution in [3.63, 3.8) is 0 Å². The quantitative estimate of drug-likeness (QED) is 0.693. The lowest BCUT2D eigenvalue weighted by Crippen LogP contribution is -2.12. The summed E-state index contributed by atoms with van der Waals surface area (Å²) in [5.74, 6) is -1.40. The predicted octanol–water partition coefficient (Wildman–Crippen LogP) is 1.96. The van der Waals surface area contributed by atoms with Crippen molar-refractivity contribution in [2.75, 3.05) is 5.73 Å². The van der Waals surface area contributed by atoms with Gasteiger partial charge in [0.05, 0.1) is 5.69 Å². The molecule has 0 aliphatic rings. The maximum atomic E-state index is 12.9. The van der Waals surface area contributed by atoms with Crippen LogP contribution in [0.5, 0.6) is 0 Å². The van der Waals surface area contributed by atoms with Crippen molar-refractivity contribution in [1.29, 1.82) is 0 Å². The molecule has 0 spiro atoms. The Morgan fingerprint density at radius 2 is 2.00 bits per heavy atom. The molecule has 0 bridgehead atoms. The highest BCUT2D eigenvalue weighted by Gasteiger charge is 2.12. The zero-order chi connectivity index (χ0) is 10.0. The average molecular weight is 186 g/mol. The maximum absolute atomic E-state index is 12.9. The van der Waals surface area contributed by atoms with Crippen LogP contribution < -0.4 is 11.5 Å². The molecule has 0 aliphatic carbocycles. The van der Waals surface area contributed by atoms with Crippen molar-refractivity contribution in [1.82, 2.24) is 0 Å². The largest absolute Gasteiger partial charge is 0.396 e. The molecule has 2 nitrogen and oxygen atoms in total. The second-order valence-corrected chi connectivity index (χ2v) is 2.91. The maximum Gasteiger partial charge on any atom is 0.149 e. The van der Waals surface area contributed by atoms with Crippen LogP contribution in [-0.2, 0) is 0 Å². The molecule has 1 aromatic rings. The van der Waals surface area contributed by atoms with E-state index in [1.165, 1.54) is 6.07 Å². The Labute approximate surface area is 75.5 Å². The molecule has 1 aromatic carbocycles. The smallest absolute Gasteiger partial charge is 0.149 e. The molecule has 4 N–H and O–H groups in total. The Morgan fingerprint density at radius 3 is 2.54 bits per heavy atom. The number of anilines is 1. The van der Waals surface area contributed by atoms with Crippen molar-refractivity contribution in [2.45, 2.75) is 19.4 Å². The van der Waals surface area contributed by atoms with Gasteiger partial charge in [0.1, 0.15) is 11.6 Å². The van der Waals surface area contributed by atoms with Crippen molar-refractivity contribution >= 4 is 5.69 Å². The average Bonchev–Trinajstić information content (AvgIpc) is 2.10. The number of nitrogens with two attached hydrogens (primary N) is 2. The van der Waals surface area contributed by atoms with Crippen LogP contribution in [0, 0.1) is 11.6 Å². The summed E-state index contributed by atoms with van der Waals surface area (Å²) in [4.78, 5) is 0. The van der Waals surface area contributed by atoms with Gasteiger partial charge >= 0.3 is 0 Å². The minimum atomic E-state index is -0.751. The molecule has 0 fully saturated rings. The van der Waals surface area contributed by atoms with Crippen LogP contribution >= 0.6 is 0 Å². The van der Waals surface area contributed by atoms with Gasteiger partial charge in [-0.25, -0.2) is 8.78 Å². The lowest BCUT2D eigenvalue weighted by atomic mass is 10.0. The van der Waals surface area contributed by atoms with Crippen LogP contribution in [0.15, 0.2) is 12.1 Å². The third kappa shape index (κ3) is 1.95. The Kier molecular flexibility index (Phi) is 2.83. The van der Waals surface area contributed by atoms with Crippen molar-refractivity contribution in [2.24, 2.45) is 5.73 Å². The summed E-state index contributed by atoms with van der Waals surface area (Å²) in [6.45, 7) is 1.83. The van der Waals surface area contributed by atoms with Gasteiger partial charge in [0.15, 0.2) is 0 Å². The summed E-state index contributed by atoms with van der Waals surface area (Å²) in [5.41, 5.74) is 11.3. The Balaban J connectivity index is 3.20. The summed E-state index contributed by atoms with van der Waals surface area (Å²) in [6, 6.07) is 1.51. The monoisotopic (exact) mass is 186 g/mol. The lowest BCUT2D eigenvalue weighted by molar-refractivity contribution is 0.575. The molecular formula is C9H12F2N2. The Morgan fingerprint density at radius 1 is 1.38 bits per heavy atom. The zero-order valence-electron chi connectivity index (χ0n) is 7.35. The van der Waals surface area contributed by atoms with Gasteiger partial charge in [-0.05, 0) is 18.1 Å². The van der Waals surface area contributed by atoms with Gasteiger partial charge in [-0.15, -0.1) is 0 Å². The Hall–Kier alpha value is -1.16. The molecule has 1 rings (SSSR count). The second-order valence-electron chi connectivity index (χ2n) is 2.91. The molecule has 72 valence electrons. The van der Waals surface area contributed by atoms with Gasteiger partial charge in [0.25, 0.3) is 0 Å². The molecule has 0 aromatic heterocycles. The SMILES string of the molecule is CCC(N)c1cc(F)cc(F)c1N. The van der Waals surface area contributed by atoms with Crippen LogP contribution in [0.4, 0.5) is 14.5 Å². The summed E-state index contributed by atoms with van der Waals surface area (Å²) >= 11 is 0. The van der Waals surface area contributed by atoms with E-state index in [4.69, 9.17) is 11.5 Å². The topological polar surface area (TPSA) is 52.0 Å². The summed E-state index contributed by atoms with van der Waals surface area (Å²) in [5, 5.41) is 0. The second kappa shape index (κ2) is 3.70. The fourth-order valence-corrected chi connectivity index (χ4v) is 1.13. The number of hydrogen-bond donors (Lipinski definition) is 2. The van der Waals surface area contributed by atoms with Crippen LogP contribution in [0.1, 0.15) is 24.9 Å². The van der Waals surface area contributed by atoms with E-state index in [-0.39, 0.29) is 5.69 Å². The van der Waals surface area contributed by atoms with E-state index in [1.54, 1.807) is 0 Å². The van der Waals surface area contributed by atoms with Crippen molar-refractivity contribution < 1.29 is 8.78 Å². The first-order valence-electron chi connectivity index (χ1n) is 4.06. The first kappa shape index (κ1) is 9.92. The van der Waals surface area contributed by atoms with Crippen LogP contribution in [-0.4, -0.2) is 0 Å². The van der Waals surface area contributed by atoms with Gasteiger partial charge in [-0.1, -0.05) is 6.92 Å². The zero-order valence-corrected chi connectivity index (χ0v) is 7.35. The summed E-state index contributed by atoms with van der Waals surface area (Å²) in [7, 11) is 0. The van der Waals surface area contributed by atoms with E-state index in [0.29, 0.717) is 12.0 Å². The van der Waals surface area contributed by atoms with E-state index in [1.807, 2.05) is 6.92 Å².